The molecule has 2 nitrogen and oxygen atoms in total. The molecule has 1 unspecified atom stereocenters. The number of nitrogens with two attached hydrogens (primary N) is 1. The molecule has 0 heterocycles. The van der Waals surface area contributed by atoms with Gasteiger partial charge >= 0.3 is 0 Å². The smallest absolute Gasteiger partial charge is 0.149 e. The Morgan fingerprint density at radius 1 is 1.60 bits per heavy atom. The van der Waals surface area contributed by atoms with Crippen molar-refractivity contribution in [1.82, 2.24) is 0 Å². The van der Waals surface area contributed by atoms with Gasteiger partial charge in [-0.25, -0.2) is 4.39 Å². The molecule has 0 radical (unpaired) electrons. The normalized spacial score (nSPS) is 15.1. The maximum atomic E-state index is 13.7. The largest absolute Gasteiger partial charge is 0.385 e. The summed E-state index contributed by atoms with van der Waals surface area (Å²) in [6.07, 6.45) is 0.280. The Balaban J connectivity index is 3.21. The van der Waals surface area contributed by atoms with Crippen molar-refractivity contribution in [2.75, 3.05) is 6.54 Å². The second kappa shape index (κ2) is 4.78. The number of rotatable bonds is 3. The van der Waals surface area contributed by atoms with Crippen LogP contribution in [-0.4, -0.2) is 11.7 Å². The Morgan fingerprint density at radius 2 is 2.20 bits per heavy atom. The van der Waals surface area contributed by atoms with Gasteiger partial charge in [-0.1, -0.05) is 17.7 Å². The van der Waals surface area contributed by atoms with Crippen molar-refractivity contribution in [3.8, 4) is 0 Å². The summed E-state index contributed by atoms with van der Waals surface area (Å²) >= 11 is 8.83. The van der Waals surface area contributed by atoms with Gasteiger partial charge in [-0.2, -0.15) is 0 Å². The molecule has 0 aliphatic heterocycles. The van der Waals surface area contributed by atoms with Crippen LogP contribution in [-0.2, 0) is 5.60 Å². The minimum Gasteiger partial charge on any atom is -0.385 e. The van der Waals surface area contributed by atoms with Gasteiger partial charge in [0.25, 0.3) is 0 Å². The van der Waals surface area contributed by atoms with Crippen LogP contribution in [0.1, 0.15) is 18.9 Å². The Morgan fingerprint density at radius 3 is 2.73 bits per heavy atom. The van der Waals surface area contributed by atoms with Crippen LogP contribution in [0.5, 0.6) is 0 Å². The van der Waals surface area contributed by atoms with Gasteiger partial charge in [0.2, 0.25) is 0 Å². The summed E-state index contributed by atoms with van der Waals surface area (Å²) in [6, 6.07) is 3.10. The van der Waals surface area contributed by atoms with Gasteiger partial charge < -0.3 is 10.8 Å². The van der Waals surface area contributed by atoms with Crippen LogP contribution in [0.25, 0.3) is 0 Å². The third-order valence-electron chi connectivity index (χ3n) is 2.25. The van der Waals surface area contributed by atoms with Crippen LogP contribution in [0.4, 0.5) is 4.39 Å². The van der Waals surface area contributed by atoms with Crippen molar-refractivity contribution in [1.29, 1.82) is 0 Å². The standard InChI is InChI=1S/C10H12BrClFNO/c1-10(15,4-5-14)6-2-3-7(11)8(12)9(6)13/h2-3,15H,4-5,14H2,1H3. The molecule has 1 atom stereocenters. The number of hydrogen-bond acceptors (Lipinski definition) is 2. The number of aliphatic hydroxyl groups is 1. The predicted octanol–water partition coefficient (Wildman–Crippen LogP) is 2.80. The Hall–Kier alpha value is -0.160. The summed E-state index contributed by atoms with van der Waals surface area (Å²) < 4.78 is 14.2. The van der Waals surface area contributed by atoms with Crippen molar-refractivity contribution < 1.29 is 9.50 Å². The van der Waals surface area contributed by atoms with E-state index in [0.717, 1.165) is 0 Å². The highest BCUT2D eigenvalue weighted by Gasteiger charge is 2.27. The highest BCUT2D eigenvalue weighted by atomic mass is 79.9. The molecule has 0 aromatic heterocycles. The molecule has 0 saturated carbocycles. The van der Waals surface area contributed by atoms with E-state index in [9.17, 15) is 9.50 Å². The van der Waals surface area contributed by atoms with Crippen LogP contribution in [0.15, 0.2) is 16.6 Å². The zero-order valence-corrected chi connectivity index (χ0v) is 10.6. The number of halogens is 3. The number of hydrogen-bond donors (Lipinski definition) is 2. The lowest BCUT2D eigenvalue weighted by molar-refractivity contribution is 0.0467. The molecule has 0 aliphatic rings. The van der Waals surface area contributed by atoms with E-state index in [-0.39, 0.29) is 23.6 Å². The molecule has 84 valence electrons. The molecule has 0 bridgehead atoms. The van der Waals surface area contributed by atoms with Gasteiger partial charge in [-0.05, 0) is 41.9 Å². The quantitative estimate of drug-likeness (QED) is 0.843. The summed E-state index contributed by atoms with van der Waals surface area (Å²) in [5.74, 6) is -0.607. The van der Waals surface area contributed by atoms with Crippen LogP contribution in [0.3, 0.4) is 0 Å². The molecule has 3 N–H and O–H groups in total. The van der Waals surface area contributed by atoms with E-state index in [4.69, 9.17) is 17.3 Å². The van der Waals surface area contributed by atoms with Crippen LogP contribution < -0.4 is 5.73 Å². The molecule has 0 amide bonds. The lowest BCUT2D eigenvalue weighted by atomic mass is 9.92. The maximum Gasteiger partial charge on any atom is 0.149 e. The van der Waals surface area contributed by atoms with Gasteiger partial charge in [-0.3, -0.25) is 0 Å². The van der Waals surface area contributed by atoms with Gasteiger partial charge in [0, 0.05) is 10.0 Å². The monoisotopic (exact) mass is 295 g/mol. The first kappa shape index (κ1) is 12.9. The van der Waals surface area contributed by atoms with Crippen molar-refractivity contribution in [2.24, 2.45) is 5.73 Å². The topological polar surface area (TPSA) is 46.2 Å². The molecular formula is C10H12BrClFNO. The van der Waals surface area contributed by atoms with E-state index in [0.29, 0.717) is 4.47 Å². The molecule has 1 aromatic carbocycles. The zero-order valence-electron chi connectivity index (χ0n) is 8.23. The molecule has 0 aliphatic carbocycles. The Labute approximate surface area is 101 Å². The summed E-state index contributed by atoms with van der Waals surface area (Å²) in [6.45, 7) is 1.79. The predicted molar refractivity (Wildman–Crippen MR) is 62.4 cm³/mol. The van der Waals surface area contributed by atoms with E-state index in [1.807, 2.05) is 0 Å². The van der Waals surface area contributed by atoms with Gasteiger partial charge in [0.1, 0.15) is 5.82 Å². The highest BCUT2D eigenvalue weighted by Crippen LogP contribution is 2.34. The van der Waals surface area contributed by atoms with Gasteiger partial charge in [0.05, 0.1) is 10.6 Å². The molecule has 1 aromatic rings. The van der Waals surface area contributed by atoms with Crippen molar-refractivity contribution in [2.45, 2.75) is 18.9 Å². The lowest BCUT2D eigenvalue weighted by Gasteiger charge is -2.24. The lowest BCUT2D eigenvalue weighted by Crippen LogP contribution is -2.26. The average molecular weight is 297 g/mol. The van der Waals surface area contributed by atoms with Crippen LogP contribution >= 0.6 is 27.5 Å². The Bertz CT molecular complexity index is 371. The fourth-order valence-electron chi connectivity index (χ4n) is 1.36. The molecule has 1 rings (SSSR count). The minimum atomic E-state index is -1.29. The third-order valence-corrected chi connectivity index (χ3v) is 3.51. The highest BCUT2D eigenvalue weighted by molar-refractivity contribution is 9.10. The molecular weight excluding hydrogens is 284 g/mol. The first-order valence-corrected chi connectivity index (χ1v) is 5.63. The molecule has 15 heavy (non-hydrogen) atoms. The SMILES string of the molecule is CC(O)(CCN)c1ccc(Br)c(Cl)c1F. The second-order valence-electron chi connectivity index (χ2n) is 3.54. The van der Waals surface area contributed by atoms with Crippen molar-refractivity contribution in [3.63, 3.8) is 0 Å². The first-order chi connectivity index (χ1) is 6.90. The van der Waals surface area contributed by atoms with E-state index in [1.54, 1.807) is 6.07 Å². The maximum absolute atomic E-state index is 13.7. The third kappa shape index (κ3) is 2.69. The fourth-order valence-corrected chi connectivity index (χ4v) is 1.83. The molecule has 0 spiro atoms. The van der Waals surface area contributed by atoms with Gasteiger partial charge in [0.15, 0.2) is 0 Å². The summed E-state index contributed by atoms with van der Waals surface area (Å²) in [4.78, 5) is 0. The summed E-state index contributed by atoms with van der Waals surface area (Å²) in [7, 11) is 0. The van der Waals surface area contributed by atoms with Crippen LogP contribution in [0, 0.1) is 5.82 Å². The summed E-state index contributed by atoms with van der Waals surface area (Å²) in [5, 5.41) is 9.96. The number of benzene rings is 1. The molecule has 0 saturated heterocycles. The van der Waals surface area contributed by atoms with E-state index >= 15 is 0 Å². The van der Waals surface area contributed by atoms with Crippen molar-refractivity contribution >= 4 is 27.5 Å². The average Bonchev–Trinajstić information content (AvgIpc) is 2.13. The van der Waals surface area contributed by atoms with Gasteiger partial charge in [-0.15, -0.1) is 0 Å². The molecule has 0 fully saturated rings. The zero-order chi connectivity index (χ0) is 11.6. The van der Waals surface area contributed by atoms with E-state index < -0.39 is 11.4 Å². The first-order valence-electron chi connectivity index (χ1n) is 4.46. The summed E-state index contributed by atoms with van der Waals surface area (Å²) in [5.41, 5.74) is 4.22. The minimum absolute atomic E-state index is 0.0233. The van der Waals surface area contributed by atoms with Crippen molar-refractivity contribution in [3.05, 3.63) is 33.0 Å². The fraction of sp³-hybridized carbons (Fsp3) is 0.400. The molecule has 5 heteroatoms. The van der Waals surface area contributed by atoms with E-state index in [1.165, 1.54) is 13.0 Å². The van der Waals surface area contributed by atoms with E-state index in [2.05, 4.69) is 15.9 Å². The second-order valence-corrected chi connectivity index (χ2v) is 4.77. The van der Waals surface area contributed by atoms with Crippen LogP contribution in [0.2, 0.25) is 5.02 Å². The Kier molecular flexibility index (Phi) is 4.12.